The van der Waals surface area contributed by atoms with E-state index in [0.29, 0.717) is 31.1 Å². The average Bonchev–Trinajstić information content (AvgIpc) is 3.18. The highest BCUT2D eigenvalue weighted by molar-refractivity contribution is 5.59. The van der Waals surface area contributed by atoms with Gasteiger partial charge in [-0.25, -0.2) is 0 Å². The Labute approximate surface area is 178 Å². The van der Waals surface area contributed by atoms with Crippen molar-refractivity contribution < 1.29 is 17.9 Å². The van der Waals surface area contributed by atoms with E-state index in [2.05, 4.69) is 32.3 Å². The van der Waals surface area contributed by atoms with Crippen LogP contribution in [0.1, 0.15) is 29.4 Å². The molecule has 0 unspecified atom stereocenters. The van der Waals surface area contributed by atoms with Crippen molar-refractivity contribution in [3.63, 3.8) is 0 Å². The monoisotopic (exact) mass is 434 g/mol. The Hall–Kier alpha value is -2.88. The Morgan fingerprint density at radius 2 is 1.65 bits per heavy atom. The van der Waals surface area contributed by atoms with Crippen molar-refractivity contribution in [2.45, 2.75) is 33.5 Å². The van der Waals surface area contributed by atoms with Crippen molar-refractivity contribution in [1.29, 1.82) is 0 Å². The zero-order chi connectivity index (χ0) is 22.2. The molecule has 3 heterocycles. The van der Waals surface area contributed by atoms with Crippen LogP contribution in [0.15, 0.2) is 24.3 Å². The molecule has 31 heavy (non-hydrogen) atoms. The van der Waals surface area contributed by atoms with Gasteiger partial charge in [-0.1, -0.05) is 12.1 Å². The van der Waals surface area contributed by atoms with Crippen molar-refractivity contribution in [3.05, 3.63) is 46.8 Å². The van der Waals surface area contributed by atoms with Gasteiger partial charge in [0.05, 0.1) is 6.61 Å². The molecule has 0 N–H and O–H groups in total. The number of nitrogens with zero attached hydrogens (tertiary/aromatic N) is 6. The van der Waals surface area contributed by atoms with Crippen LogP contribution in [0.4, 0.5) is 19.0 Å². The summed E-state index contributed by atoms with van der Waals surface area (Å²) in [5.74, 6) is 0.313. The van der Waals surface area contributed by atoms with E-state index in [0.717, 1.165) is 35.5 Å². The third kappa shape index (κ3) is 4.30. The molecule has 0 bridgehead atoms. The van der Waals surface area contributed by atoms with Crippen LogP contribution in [-0.2, 0) is 12.7 Å². The molecule has 0 spiro atoms. The van der Waals surface area contributed by atoms with Gasteiger partial charge in [0.2, 0.25) is 0 Å². The zero-order valence-corrected chi connectivity index (χ0v) is 17.8. The molecule has 1 saturated heterocycles. The summed E-state index contributed by atoms with van der Waals surface area (Å²) >= 11 is 0. The molecule has 1 aliphatic rings. The van der Waals surface area contributed by atoms with E-state index < -0.39 is 12.0 Å². The standard InChI is InChI=1S/C21H25F3N6O/c1-4-31-17-7-5-16(6-8-17)13-28-9-11-29(12-10-28)19-15(3)14(2)18-25-26-20(21(22,23)24)30(18)27-19/h5-8H,4,9-13H2,1-3H3. The van der Waals surface area contributed by atoms with Crippen LogP contribution >= 0.6 is 0 Å². The number of alkyl halides is 3. The Morgan fingerprint density at radius 1 is 0.968 bits per heavy atom. The van der Waals surface area contributed by atoms with Crippen molar-refractivity contribution >= 4 is 11.5 Å². The van der Waals surface area contributed by atoms with Crippen LogP contribution in [0, 0.1) is 13.8 Å². The lowest BCUT2D eigenvalue weighted by atomic mass is 10.1. The summed E-state index contributed by atoms with van der Waals surface area (Å²) in [6.45, 7) is 9.97. The molecule has 1 aliphatic heterocycles. The summed E-state index contributed by atoms with van der Waals surface area (Å²) in [5, 5.41) is 11.3. The molecule has 0 aliphatic carbocycles. The summed E-state index contributed by atoms with van der Waals surface area (Å²) in [6, 6.07) is 8.06. The lowest BCUT2D eigenvalue weighted by Gasteiger charge is -2.36. The Balaban J connectivity index is 1.48. The SMILES string of the molecule is CCOc1ccc(CN2CCN(c3nn4c(C(F)(F)F)nnc4c(C)c3C)CC2)cc1. The summed E-state index contributed by atoms with van der Waals surface area (Å²) in [5.41, 5.74) is 2.82. The number of rotatable bonds is 5. The fraction of sp³-hybridized carbons (Fsp3) is 0.476. The number of aromatic nitrogens is 4. The summed E-state index contributed by atoms with van der Waals surface area (Å²) in [4.78, 5) is 4.36. The van der Waals surface area contributed by atoms with Crippen molar-refractivity contribution in [1.82, 2.24) is 24.7 Å². The molecule has 0 radical (unpaired) electrons. The fourth-order valence-corrected chi connectivity index (χ4v) is 3.82. The highest BCUT2D eigenvalue weighted by atomic mass is 19.4. The lowest BCUT2D eigenvalue weighted by molar-refractivity contribution is -0.146. The molecule has 0 amide bonds. The number of fused-ring (bicyclic) bond motifs is 1. The third-order valence-electron chi connectivity index (χ3n) is 5.63. The van der Waals surface area contributed by atoms with Crippen LogP contribution in [-0.4, -0.2) is 57.5 Å². The van der Waals surface area contributed by atoms with Gasteiger partial charge < -0.3 is 9.64 Å². The molecule has 3 aromatic rings. The Kier molecular flexibility index (Phi) is 5.74. The normalized spacial score (nSPS) is 15.6. The summed E-state index contributed by atoms with van der Waals surface area (Å²) in [7, 11) is 0. The molecular formula is C21H25F3N6O. The Bertz CT molecular complexity index is 1060. The minimum atomic E-state index is -4.61. The molecule has 10 heteroatoms. The number of benzene rings is 1. The van der Waals surface area contributed by atoms with Gasteiger partial charge in [-0.3, -0.25) is 4.90 Å². The number of hydrogen-bond acceptors (Lipinski definition) is 6. The number of hydrogen-bond donors (Lipinski definition) is 0. The molecule has 7 nitrogen and oxygen atoms in total. The minimum Gasteiger partial charge on any atom is -0.494 e. The number of ether oxygens (including phenoxy) is 1. The van der Waals surface area contributed by atoms with Gasteiger partial charge in [0.15, 0.2) is 11.5 Å². The maximum absolute atomic E-state index is 13.3. The molecule has 2 aromatic heterocycles. The second-order valence-corrected chi connectivity index (χ2v) is 7.67. The molecule has 0 saturated carbocycles. The third-order valence-corrected chi connectivity index (χ3v) is 5.63. The van der Waals surface area contributed by atoms with E-state index in [1.165, 1.54) is 5.56 Å². The average molecular weight is 434 g/mol. The van der Waals surface area contributed by atoms with Crippen molar-refractivity contribution in [2.75, 3.05) is 37.7 Å². The van der Waals surface area contributed by atoms with E-state index >= 15 is 0 Å². The topological polar surface area (TPSA) is 58.8 Å². The first-order valence-corrected chi connectivity index (χ1v) is 10.3. The lowest BCUT2D eigenvalue weighted by Crippen LogP contribution is -2.46. The maximum atomic E-state index is 13.3. The zero-order valence-electron chi connectivity index (χ0n) is 17.8. The minimum absolute atomic E-state index is 0.141. The highest BCUT2D eigenvalue weighted by Crippen LogP contribution is 2.31. The van der Waals surface area contributed by atoms with Crippen molar-refractivity contribution in [2.24, 2.45) is 0 Å². The van der Waals surface area contributed by atoms with Gasteiger partial charge >= 0.3 is 6.18 Å². The predicted molar refractivity (Wildman–Crippen MR) is 110 cm³/mol. The van der Waals surface area contributed by atoms with Gasteiger partial charge in [-0.2, -0.15) is 17.7 Å². The van der Waals surface area contributed by atoms with E-state index in [1.807, 2.05) is 30.9 Å². The largest absolute Gasteiger partial charge is 0.494 e. The van der Waals surface area contributed by atoms with Gasteiger partial charge in [0.1, 0.15) is 5.75 Å². The first-order valence-electron chi connectivity index (χ1n) is 10.3. The smallest absolute Gasteiger partial charge is 0.453 e. The van der Waals surface area contributed by atoms with Crippen LogP contribution in [0.3, 0.4) is 0 Å². The van der Waals surface area contributed by atoms with Gasteiger partial charge in [-0.15, -0.1) is 15.3 Å². The van der Waals surface area contributed by atoms with E-state index in [1.54, 1.807) is 6.92 Å². The Morgan fingerprint density at radius 3 is 2.26 bits per heavy atom. The summed E-state index contributed by atoms with van der Waals surface area (Å²) in [6.07, 6.45) is -4.61. The van der Waals surface area contributed by atoms with Crippen LogP contribution in [0.25, 0.3) is 5.65 Å². The predicted octanol–water partition coefficient (Wildman–Crippen LogP) is 3.48. The molecule has 1 aromatic carbocycles. The van der Waals surface area contributed by atoms with Gasteiger partial charge in [0, 0.05) is 43.9 Å². The number of halogens is 3. The van der Waals surface area contributed by atoms with Crippen molar-refractivity contribution in [3.8, 4) is 5.75 Å². The van der Waals surface area contributed by atoms with Crippen LogP contribution < -0.4 is 9.64 Å². The highest BCUT2D eigenvalue weighted by Gasteiger charge is 2.38. The fourth-order valence-electron chi connectivity index (χ4n) is 3.82. The quantitative estimate of drug-likeness (QED) is 0.613. The maximum Gasteiger partial charge on any atom is 0.453 e. The van der Waals surface area contributed by atoms with Crippen LogP contribution in [0.2, 0.25) is 0 Å². The molecule has 0 atom stereocenters. The second-order valence-electron chi connectivity index (χ2n) is 7.67. The number of aryl methyl sites for hydroxylation is 1. The number of anilines is 1. The molecule has 1 fully saturated rings. The van der Waals surface area contributed by atoms with E-state index in [-0.39, 0.29) is 5.65 Å². The molecular weight excluding hydrogens is 409 g/mol. The van der Waals surface area contributed by atoms with Gasteiger partial charge in [0.25, 0.3) is 5.82 Å². The van der Waals surface area contributed by atoms with Gasteiger partial charge in [-0.05, 0) is 38.5 Å². The number of piperazine rings is 1. The first kappa shape index (κ1) is 21.4. The molecule has 4 rings (SSSR count). The van der Waals surface area contributed by atoms with E-state index in [9.17, 15) is 13.2 Å². The summed E-state index contributed by atoms with van der Waals surface area (Å²) < 4.78 is 46.2. The van der Waals surface area contributed by atoms with Crippen LogP contribution in [0.5, 0.6) is 5.75 Å². The van der Waals surface area contributed by atoms with E-state index in [4.69, 9.17) is 4.74 Å². The molecule has 166 valence electrons. The second kappa shape index (κ2) is 8.33. The first-order chi connectivity index (χ1) is 14.8.